The molecule has 9 heteroatoms. The van der Waals surface area contributed by atoms with Gasteiger partial charge in [0.05, 0.1) is 17.6 Å². The number of halogens is 1. The number of hydrogen-bond donors (Lipinski definition) is 0. The molecule has 0 aromatic heterocycles. The van der Waals surface area contributed by atoms with Gasteiger partial charge in [0, 0.05) is 26.2 Å². The van der Waals surface area contributed by atoms with E-state index in [9.17, 15) is 12.8 Å². The van der Waals surface area contributed by atoms with E-state index < -0.39 is 15.8 Å². The van der Waals surface area contributed by atoms with Crippen molar-refractivity contribution < 1.29 is 22.3 Å². The summed E-state index contributed by atoms with van der Waals surface area (Å²) >= 11 is 0. The first-order valence-electron chi connectivity index (χ1n) is 10.9. The van der Waals surface area contributed by atoms with Crippen molar-refractivity contribution in [3.63, 3.8) is 0 Å². The van der Waals surface area contributed by atoms with E-state index in [2.05, 4.69) is 0 Å². The van der Waals surface area contributed by atoms with Crippen LogP contribution in [0.3, 0.4) is 0 Å². The highest BCUT2D eigenvalue weighted by Gasteiger charge is 2.32. The maximum absolute atomic E-state index is 14.0. The number of nitrogens with zero attached hydrogens (tertiary/aromatic N) is 3. The molecule has 2 aliphatic rings. The molecule has 2 aliphatic heterocycles. The maximum atomic E-state index is 14.0. The third-order valence-corrected chi connectivity index (χ3v) is 7.95. The second-order valence-electron chi connectivity index (χ2n) is 8.17. The molecule has 0 unspecified atom stereocenters. The van der Waals surface area contributed by atoms with E-state index in [0.29, 0.717) is 47.4 Å². The van der Waals surface area contributed by atoms with Crippen molar-refractivity contribution >= 4 is 21.5 Å². The van der Waals surface area contributed by atoms with Gasteiger partial charge in [-0.2, -0.15) is 4.31 Å². The quantitative estimate of drug-likeness (QED) is 0.557. The summed E-state index contributed by atoms with van der Waals surface area (Å²) < 4.78 is 53.2. The number of aliphatic imine (C=N–C) groups is 1. The Kier molecular flexibility index (Phi) is 5.75. The third kappa shape index (κ3) is 4.01. The van der Waals surface area contributed by atoms with Crippen molar-refractivity contribution in [2.24, 2.45) is 4.99 Å². The number of benzene rings is 3. The standard InChI is InChI=1S/C25H24FN3O4S/c1-17-7-9-19(16-21(17)26)34(30,31)29-13-11-28(12-14-29)25-20-15-18(32-2)8-10-23(20)33-24-6-4-3-5-22(24)27-25/h3-10,15-16H,11-14H2,1-2H3. The van der Waals surface area contributed by atoms with Gasteiger partial charge in [-0.25, -0.2) is 17.8 Å². The zero-order valence-electron chi connectivity index (χ0n) is 18.9. The Balaban J connectivity index is 1.45. The minimum Gasteiger partial charge on any atom is -0.497 e. The lowest BCUT2D eigenvalue weighted by molar-refractivity contribution is 0.266. The Morgan fingerprint density at radius 3 is 2.47 bits per heavy atom. The molecular weight excluding hydrogens is 457 g/mol. The summed E-state index contributed by atoms with van der Waals surface area (Å²) in [4.78, 5) is 6.90. The summed E-state index contributed by atoms with van der Waals surface area (Å²) in [6.45, 7) is 2.94. The Hall–Kier alpha value is -3.43. The van der Waals surface area contributed by atoms with Gasteiger partial charge in [0.25, 0.3) is 0 Å². The first-order valence-corrected chi connectivity index (χ1v) is 12.4. The molecule has 3 aromatic rings. The second kappa shape index (κ2) is 8.73. The summed E-state index contributed by atoms with van der Waals surface area (Å²) in [5.41, 5.74) is 1.87. The first-order chi connectivity index (χ1) is 16.4. The fraction of sp³-hybridized carbons (Fsp3) is 0.240. The lowest BCUT2D eigenvalue weighted by Gasteiger charge is -2.36. The maximum Gasteiger partial charge on any atom is 0.243 e. The van der Waals surface area contributed by atoms with E-state index in [1.807, 2.05) is 47.4 Å². The van der Waals surface area contributed by atoms with E-state index in [4.69, 9.17) is 14.5 Å². The highest BCUT2D eigenvalue weighted by atomic mass is 32.2. The van der Waals surface area contributed by atoms with Crippen molar-refractivity contribution in [1.82, 2.24) is 9.21 Å². The van der Waals surface area contributed by atoms with Crippen LogP contribution in [0, 0.1) is 12.7 Å². The Morgan fingerprint density at radius 1 is 0.971 bits per heavy atom. The van der Waals surface area contributed by atoms with Gasteiger partial charge in [-0.05, 0) is 55.0 Å². The largest absolute Gasteiger partial charge is 0.497 e. The van der Waals surface area contributed by atoms with Crippen LogP contribution in [0.2, 0.25) is 0 Å². The molecule has 0 atom stereocenters. The number of methoxy groups -OCH3 is 1. The van der Waals surface area contributed by atoms with E-state index in [1.54, 1.807) is 14.0 Å². The van der Waals surface area contributed by atoms with Crippen molar-refractivity contribution in [2.45, 2.75) is 11.8 Å². The van der Waals surface area contributed by atoms with E-state index >= 15 is 0 Å². The summed E-state index contributed by atoms with van der Waals surface area (Å²) in [6, 6.07) is 17.1. The number of sulfonamides is 1. The average molecular weight is 482 g/mol. The number of amidine groups is 1. The smallest absolute Gasteiger partial charge is 0.243 e. The van der Waals surface area contributed by atoms with Gasteiger partial charge in [-0.1, -0.05) is 18.2 Å². The number of ether oxygens (including phenoxy) is 2. The third-order valence-electron chi connectivity index (χ3n) is 6.06. The van der Waals surface area contributed by atoms with Crippen LogP contribution in [0.5, 0.6) is 17.2 Å². The molecule has 0 N–H and O–H groups in total. The molecule has 0 aliphatic carbocycles. The van der Waals surface area contributed by atoms with Gasteiger partial charge in [0.2, 0.25) is 10.0 Å². The number of piperazine rings is 1. The van der Waals surface area contributed by atoms with Gasteiger partial charge in [-0.15, -0.1) is 0 Å². The van der Waals surface area contributed by atoms with E-state index in [1.165, 1.54) is 16.4 Å². The monoisotopic (exact) mass is 481 g/mol. The lowest BCUT2D eigenvalue weighted by atomic mass is 10.1. The molecule has 0 spiro atoms. The fourth-order valence-electron chi connectivity index (χ4n) is 4.09. The van der Waals surface area contributed by atoms with Crippen LogP contribution in [-0.4, -0.2) is 56.7 Å². The predicted molar refractivity (Wildman–Crippen MR) is 127 cm³/mol. The first kappa shape index (κ1) is 22.4. The molecule has 0 radical (unpaired) electrons. The van der Waals surface area contributed by atoms with Crippen molar-refractivity contribution in [3.05, 3.63) is 77.6 Å². The Labute approximate surface area is 198 Å². The van der Waals surface area contributed by atoms with Crippen molar-refractivity contribution in [1.29, 1.82) is 0 Å². The SMILES string of the molecule is COc1ccc2c(c1)C(N1CCN(S(=O)(=O)c3ccc(C)c(F)c3)CC1)=Nc1ccccc1O2. The molecule has 7 nitrogen and oxygen atoms in total. The topological polar surface area (TPSA) is 71.4 Å². The number of hydrogen-bond acceptors (Lipinski definition) is 6. The highest BCUT2D eigenvalue weighted by Crippen LogP contribution is 2.39. The molecule has 1 fully saturated rings. The normalized spacial score (nSPS) is 16.1. The zero-order chi connectivity index (χ0) is 23.9. The molecule has 5 rings (SSSR count). The second-order valence-corrected chi connectivity index (χ2v) is 10.1. The predicted octanol–water partition coefficient (Wildman–Crippen LogP) is 4.33. The molecule has 2 heterocycles. The lowest BCUT2D eigenvalue weighted by Crippen LogP contribution is -2.50. The summed E-state index contributed by atoms with van der Waals surface area (Å²) in [6.07, 6.45) is 0. The zero-order valence-corrected chi connectivity index (χ0v) is 19.7. The molecular formula is C25H24FN3O4S. The van der Waals surface area contributed by atoms with Crippen LogP contribution in [-0.2, 0) is 10.0 Å². The van der Waals surface area contributed by atoms with Gasteiger partial charge >= 0.3 is 0 Å². The van der Waals surface area contributed by atoms with Gasteiger partial charge in [-0.3, -0.25) is 0 Å². The van der Waals surface area contributed by atoms with Crippen molar-refractivity contribution in [3.8, 4) is 17.2 Å². The van der Waals surface area contributed by atoms with Crippen LogP contribution in [0.25, 0.3) is 0 Å². The Morgan fingerprint density at radius 2 is 1.74 bits per heavy atom. The molecule has 1 saturated heterocycles. The van der Waals surface area contributed by atoms with Gasteiger partial charge < -0.3 is 14.4 Å². The van der Waals surface area contributed by atoms with Crippen LogP contribution in [0.1, 0.15) is 11.1 Å². The van der Waals surface area contributed by atoms with E-state index in [0.717, 1.165) is 11.6 Å². The van der Waals surface area contributed by atoms with Crippen LogP contribution >= 0.6 is 0 Å². The molecule has 3 aromatic carbocycles. The van der Waals surface area contributed by atoms with Crippen LogP contribution < -0.4 is 9.47 Å². The van der Waals surface area contributed by atoms with Crippen LogP contribution in [0.15, 0.2) is 70.6 Å². The summed E-state index contributed by atoms with van der Waals surface area (Å²) in [7, 11) is -2.20. The molecule has 0 amide bonds. The summed E-state index contributed by atoms with van der Waals surface area (Å²) in [5, 5.41) is 0. The molecule has 34 heavy (non-hydrogen) atoms. The summed E-state index contributed by atoms with van der Waals surface area (Å²) in [5.74, 6) is 2.12. The number of para-hydroxylation sites is 2. The van der Waals surface area contributed by atoms with Gasteiger partial charge in [0.15, 0.2) is 5.75 Å². The average Bonchev–Trinajstić information content (AvgIpc) is 3.02. The minimum atomic E-state index is -3.80. The molecule has 0 saturated carbocycles. The number of aryl methyl sites for hydroxylation is 1. The van der Waals surface area contributed by atoms with Crippen molar-refractivity contribution in [2.75, 3.05) is 33.3 Å². The Bertz CT molecular complexity index is 1380. The van der Waals surface area contributed by atoms with Crippen LogP contribution in [0.4, 0.5) is 10.1 Å². The molecule has 176 valence electrons. The highest BCUT2D eigenvalue weighted by molar-refractivity contribution is 7.89. The molecule has 0 bridgehead atoms. The number of rotatable bonds is 3. The minimum absolute atomic E-state index is 0.0340. The fourth-order valence-corrected chi connectivity index (χ4v) is 5.53. The van der Waals surface area contributed by atoms with Gasteiger partial charge in [0.1, 0.15) is 28.8 Å². The number of fused-ring (bicyclic) bond motifs is 2. The van der Waals surface area contributed by atoms with E-state index in [-0.39, 0.29) is 18.0 Å².